The molecule has 1 fully saturated rings. The molecule has 1 aliphatic rings. The Morgan fingerprint density at radius 3 is 2.42 bits per heavy atom. The maximum atomic E-state index is 11.5. The van der Waals surface area contributed by atoms with Crippen molar-refractivity contribution in [3.63, 3.8) is 0 Å². The van der Waals surface area contributed by atoms with Crippen molar-refractivity contribution in [2.45, 2.75) is 49.9 Å². The summed E-state index contributed by atoms with van der Waals surface area (Å²) in [5.41, 5.74) is 0. The summed E-state index contributed by atoms with van der Waals surface area (Å²) in [7, 11) is 1.33. The number of esters is 1. The van der Waals surface area contributed by atoms with E-state index in [4.69, 9.17) is 4.74 Å². The van der Waals surface area contributed by atoms with E-state index < -0.39 is 12.0 Å². The molecule has 1 saturated carbocycles. The number of hydrogen-bond donors (Lipinski definition) is 2. The molecule has 0 radical (unpaired) electrons. The van der Waals surface area contributed by atoms with Crippen LogP contribution in [0.5, 0.6) is 0 Å². The predicted octanol–water partition coefficient (Wildman–Crippen LogP) is 0.928. The lowest BCUT2D eigenvalue weighted by molar-refractivity contribution is -0.144. The molecule has 6 heteroatoms. The van der Waals surface area contributed by atoms with Gasteiger partial charge >= 0.3 is 5.97 Å². The molecule has 0 aromatic carbocycles. The highest BCUT2D eigenvalue weighted by atomic mass is 32.2. The topological polar surface area (TPSA) is 67.4 Å². The number of rotatable bonds is 6. The first kappa shape index (κ1) is 16.3. The van der Waals surface area contributed by atoms with Crippen molar-refractivity contribution in [1.29, 1.82) is 0 Å². The van der Waals surface area contributed by atoms with E-state index in [9.17, 15) is 9.59 Å². The second-order valence-corrected chi connectivity index (χ2v) is 6.03. The zero-order valence-electron chi connectivity index (χ0n) is 11.9. The molecular weight excluding hydrogens is 264 g/mol. The van der Waals surface area contributed by atoms with Crippen LogP contribution in [0.4, 0.5) is 0 Å². The number of carbonyl (C=O) groups excluding carboxylic acids is 2. The number of methoxy groups -OCH3 is 1. The average Bonchev–Trinajstić information content (AvgIpc) is 2.42. The van der Waals surface area contributed by atoms with Gasteiger partial charge in [-0.1, -0.05) is 0 Å². The van der Waals surface area contributed by atoms with E-state index in [0.29, 0.717) is 12.6 Å². The quantitative estimate of drug-likeness (QED) is 0.712. The van der Waals surface area contributed by atoms with Gasteiger partial charge < -0.3 is 15.4 Å². The average molecular weight is 288 g/mol. The number of nitrogens with one attached hydrogen (secondary N) is 2. The van der Waals surface area contributed by atoms with Gasteiger partial charge in [0.2, 0.25) is 5.91 Å². The molecule has 0 spiro atoms. The summed E-state index contributed by atoms with van der Waals surface area (Å²) in [6, 6.07) is -0.162. The van der Waals surface area contributed by atoms with Crippen LogP contribution in [0, 0.1) is 0 Å². The number of amides is 1. The van der Waals surface area contributed by atoms with Crippen LogP contribution in [0.3, 0.4) is 0 Å². The summed E-state index contributed by atoms with van der Waals surface area (Å²) in [6.07, 6.45) is 6.82. The molecule has 19 heavy (non-hydrogen) atoms. The molecule has 1 atom stereocenters. The van der Waals surface area contributed by atoms with Crippen LogP contribution in [0.15, 0.2) is 0 Å². The van der Waals surface area contributed by atoms with Gasteiger partial charge in [-0.15, -0.1) is 0 Å². The second kappa shape index (κ2) is 8.43. The Morgan fingerprint density at radius 2 is 1.95 bits per heavy atom. The van der Waals surface area contributed by atoms with Gasteiger partial charge in [-0.2, -0.15) is 11.8 Å². The van der Waals surface area contributed by atoms with E-state index in [2.05, 4.69) is 16.9 Å². The third kappa shape index (κ3) is 5.82. The van der Waals surface area contributed by atoms with Gasteiger partial charge in [0.25, 0.3) is 0 Å². The Kier molecular flexibility index (Phi) is 7.23. The predicted molar refractivity (Wildman–Crippen MR) is 77.2 cm³/mol. The second-order valence-electron chi connectivity index (χ2n) is 4.89. The largest absolute Gasteiger partial charge is 0.467 e. The normalized spacial score (nSPS) is 24.6. The summed E-state index contributed by atoms with van der Waals surface area (Å²) in [6.45, 7) is 1.83. The fourth-order valence-electron chi connectivity index (χ4n) is 2.37. The molecule has 0 heterocycles. The van der Waals surface area contributed by atoms with Crippen molar-refractivity contribution >= 4 is 23.6 Å². The highest BCUT2D eigenvalue weighted by Gasteiger charge is 2.24. The summed E-state index contributed by atoms with van der Waals surface area (Å²) in [4.78, 5) is 22.6. The van der Waals surface area contributed by atoms with Crippen LogP contribution < -0.4 is 10.6 Å². The van der Waals surface area contributed by atoms with Crippen molar-refractivity contribution in [3.05, 3.63) is 0 Å². The van der Waals surface area contributed by atoms with E-state index in [1.807, 2.05) is 11.8 Å². The molecule has 0 aliphatic heterocycles. The zero-order chi connectivity index (χ0) is 14.3. The summed E-state index contributed by atoms with van der Waals surface area (Å²) < 4.78 is 4.69. The SMILES string of the molecule is COC(=O)C(CNC1CCC(SC)CC1)NC(C)=O. The van der Waals surface area contributed by atoms with E-state index >= 15 is 0 Å². The van der Waals surface area contributed by atoms with Crippen molar-refractivity contribution in [2.75, 3.05) is 19.9 Å². The molecule has 0 bridgehead atoms. The Morgan fingerprint density at radius 1 is 1.32 bits per heavy atom. The highest BCUT2D eigenvalue weighted by Crippen LogP contribution is 2.26. The van der Waals surface area contributed by atoms with Gasteiger partial charge in [0.05, 0.1) is 7.11 Å². The fraction of sp³-hybridized carbons (Fsp3) is 0.846. The lowest BCUT2D eigenvalue weighted by Crippen LogP contribution is -2.49. The number of carbonyl (C=O) groups is 2. The van der Waals surface area contributed by atoms with Gasteiger partial charge in [-0.25, -0.2) is 4.79 Å². The molecule has 2 N–H and O–H groups in total. The standard InChI is InChI=1S/C13H24N2O3S/c1-9(16)15-12(13(17)18-2)8-14-10-4-6-11(19-3)7-5-10/h10-12,14H,4-8H2,1-3H3,(H,15,16). The lowest BCUT2D eigenvalue weighted by atomic mass is 9.95. The molecule has 0 saturated heterocycles. The van der Waals surface area contributed by atoms with Crippen molar-refractivity contribution < 1.29 is 14.3 Å². The van der Waals surface area contributed by atoms with Crippen molar-refractivity contribution in [3.8, 4) is 0 Å². The van der Waals surface area contributed by atoms with Gasteiger partial charge in [0.15, 0.2) is 0 Å². The molecule has 5 nitrogen and oxygen atoms in total. The van der Waals surface area contributed by atoms with E-state index in [1.165, 1.54) is 26.9 Å². The highest BCUT2D eigenvalue weighted by molar-refractivity contribution is 7.99. The summed E-state index contributed by atoms with van der Waals surface area (Å²) >= 11 is 1.93. The number of ether oxygens (including phenoxy) is 1. The molecule has 0 aromatic rings. The van der Waals surface area contributed by atoms with E-state index in [0.717, 1.165) is 18.1 Å². The minimum atomic E-state index is -0.597. The minimum Gasteiger partial charge on any atom is -0.467 e. The van der Waals surface area contributed by atoms with Gasteiger partial charge in [0.1, 0.15) is 6.04 Å². The van der Waals surface area contributed by atoms with Crippen molar-refractivity contribution in [2.24, 2.45) is 0 Å². The molecule has 1 unspecified atom stereocenters. The Labute approximate surface area is 119 Å². The molecule has 0 aromatic heterocycles. The molecule has 1 amide bonds. The van der Waals surface area contributed by atoms with Gasteiger partial charge in [-0.05, 0) is 31.9 Å². The molecule has 1 aliphatic carbocycles. The molecule has 110 valence electrons. The smallest absolute Gasteiger partial charge is 0.329 e. The van der Waals surface area contributed by atoms with Gasteiger partial charge in [-0.3, -0.25) is 4.79 Å². The van der Waals surface area contributed by atoms with Crippen LogP contribution in [0.1, 0.15) is 32.6 Å². The van der Waals surface area contributed by atoms with Crippen LogP contribution in [-0.4, -0.2) is 49.1 Å². The zero-order valence-corrected chi connectivity index (χ0v) is 12.7. The molecule has 1 rings (SSSR count). The Hall–Kier alpha value is -0.750. The monoisotopic (exact) mass is 288 g/mol. The number of thioether (sulfide) groups is 1. The first-order valence-corrected chi connectivity index (χ1v) is 7.96. The Balaban J connectivity index is 2.35. The first-order chi connectivity index (χ1) is 9.06. The third-order valence-corrected chi connectivity index (χ3v) is 4.62. The summed E-state index contributed by atoms with van der Waals surface area (Å²) in [5.74, 6) is -0.621. The van der Waals surface area contributed by atoms with Crippen LogP contribution >= 0.6 is 11.8 Å². The maximum Gasteiger partial charge on any atom is 0.329 e. The van der Waals surface area contributed by atoms with Crippen molar-refractivity contribution in [1.82, 2.24) is 10.6 Å². The third-order valence-electron chi connectivity index (χ3n) is 3.48. The molecular formula is C13H24N2O3S. The van der Waals surface area contributed by atoms with Crippen LogP contribution in [0.25, 0.3) is 0 Å². The number of hydrogen-bond acceptors (Lipinski definition) is 5. The van der Waals surface area contributed by atoms with Crippen LogP contribution in [-0.2, 0) is 14.3 Å². The Bertz CT molecular complexity index is 304. The fourth-order valence-corrected chi connectivity index (χ4v) is 3.11. The van der Waals surface area contributed by atoms with Crippen LogP contribution in [0.2, 0.25) is 0 Å². The minimum absolute atomic E-state index is 0.219. The van der Waals surface area contributed by atoms with Gasteiger partial charge in [0, 0.05) is 24.8 Å². The van der Waals surface area contributed by atoms with E-state index in [-0.39, 0.29) is 5.91 Å². The van der Waals surface area contributed by atoms with E-state index in [1.54, 1.807) is 0 Å². The maximum absolute atomic E-state index is 11.5. The first-order valence-electron chi connectivity index (χ1n) is 6.68. The summed E-state index contributed by atoms with van der Waals surface area (Å²) in [5, 5.41) is 6.74. The lowest BCUT2D eigenvalue weighted by Gasteiger charge is -2.29.